The first-order valence-electron chi connectivity index (χ1n) is 5.87. The van der Waals surface area contributed by atoms with Gasteiger partial charge in [0.2, 0.25) is 5.91 Å². The van der Waals surface area contributed by atoms with Crippen LogP contribution in [0.3, 0.4) is 0 Å². The summed E-state index contributed by atoms with van der Waals surface area (Å²) in [5, 5.41) is 2.78. The first-order valence-corrected chi connectivity index (χ1v) is 6.69. The molecule has 0 aliphatic rings. The summed E-state index contributed by atoms with van der Waals surface area (Å²) >= 11 is 1.54. The van der Waals surface area contributed by atoms with Crippen molar-refractivity contribution in [2.75, 3.05) is 33.5 Å². The van der Waals surface area contributed by atoms with Crippen molar-refractivity contribution in [1.82, 2.24) is 5.32 Å². The lowest BCUT2D eigenvalue weighted by Gasteiger charge is -2.04. The molecular weight excluding hydrogens is 264 g/mol. The monoisotopic (exact) mass is 282 g/mol. The number of carbonyl (C=O) groups is 1. The minimum atomic E-state index is -0.140. The van der Waals surface area contributed by atoms with E-state index >= 15 is 0 Å². The highest BCUT2D eigenvalue weighted by Crippen LogP contribution is 2.14. The van der Waals surface area contributed by atoms with E-state index in [1.807, 2.05) is 12.1 Å². The second kappa shape index (κ2) is 9.53. The van der Waals surface area contributed by atoms with Crippen molar-refractivity contribution in [2.24, 2.45) is 5.73 Å². The van der Waals surface area contributed by atoms with Gasteiger partial charge in [-0.1, -0.05) is 11.8 Å². The van der Waals surface area contributed by atoms with Gasteiger partial charge < -0.3 is 20.5 Å². The number of hydrogen-bond acceptors (Lipinski definition) is 5. The van der Waals surface area contributed by atoms with Crippen LogP contribution in [0.15, 0.2) is 12.1 Å². The van der Waals surface area contributed by atoms with E-state index in [2.05, 4.69) is 17.2 Å². The van der Waals surface area contributed by atoms with Crippen molar-refractivity contribution in [1.29, 1.82) is 0 Å². The van der Waals surface area contributed by atoms with Gasteiger partial charge in [0.1, 0.15) is 6.61 Å². The first-order chi connectivity index (χ1) is 9.26. The number of thiophene rings is 1. The van der Waals surface area contributed by atoms with Crippen molar-refractivity contribution in [2.45, 2.75) is 6.54 Å². The van der Waals surface area contributed by atoms with E-state index in [-0.39, 0.29) is 12.5 Å². The summed E-state index contributed by atoms with van der Waals surface area (Å²) in [6.45, 7) is 1.79. The van der Waals surface area contributed by atoms with Crippen LogP contribution in [0.4, 0.5) is 0 Å². The average Bonchev–Trinajstić information content (AvgIpc) is 2.87. The predicted molar refractivity (Wildman–Crippen MR) is 74.8 cm³/mol. The van der Waals surface area contributed by atoms with E-state index in [0.29, 0.717) is 26.3 Å². The van der Waals surface area contributed by atoms with Gasteiger partial charge in [-0.3, -0.25) is 4.79 Å². The number of rotatable bonds is 7. The molecular formula is C13H18N2O3S. The minimum Gasteiger partial charge on any atom is -0.382 e. The van der Waals surface area contributed by atoms with Crippen LogP contribution in [0.1, 0.15) is 9.75 Å². The zero-order valence-electron chi connectivity index (χ0n) is 10.9. The molecule has 5 nitrogen and oxygen atoms in total. The van der Waals surface area contributed by atoms with E-state index < -0.39 is 0 Å². The van der Waals surface area contributed by atoms with E-state index in [9.17, 15) is 4.79 Å². The van der Waals surface area contributed by atoms with Crippen LogP contribution in [0, 0.1) is 11.8 Å². The molecule has 0 fully saturated rings. The van der Waals surface area contributed by atoms with Gasteiger partial charge in [-0.25, -0.2) is 0 Å². The summed E-state index contributed by atoms with van der Waals surface area (Å²) in [6.07, 6.45) is 0. The van der Waals surface area contributed by atoms with Gasteiger partial charge in [-0.05, 0) is 12.1 Å². The fraction of sp³-hybridized carbons (Fsp3) is 0.462. The molecule has 1 heterocycles. The SMILES string of the molecule is COCCOCC(=O)NCc1ccc(C#CCN)s1. The van der Waals surface area contributed by atoms with Crippen LogP contribution in [-0.2, 0) is 20.8 Å². The molecule has 0 spiro atoms. The zero-order valence-corrected chi connectivity index (χ0v) is 11.7. The summed E-state index contributed by atoms with van der Waals surface area (Å²) in [4.78, 5) is 13.4. The zero-order chi connectivity index (χ0) is 13.9. The normalized spacial score (nSPS) is 9.79. The lowest BCUT2D eigenvalue weighted by molar-refractivity contribution is -0.126. The third-order valence-electron chi connectivity index (χ3n) is 2.10. The maximum Gasteiger partial charge on any atom is 0.246 e. The molecule has 1 aromatic rings. The van der Waals surface area contributed by atoms with Gasteiger partial charge in [0.15, 0.2) is 0 Å². The van der Waals surface area contributed by atoms with Crippen molar-refractivity contribution < 1.29 is 14.3 Å². The number of amides is 1. The third kappa shape index (κ3) is 6.94. The summed E-state index contributed by atoms with van der Waals surface area (Å²) in [6, 6.07) is 3.86. The Morgan fingerprint density at radius 1 is 1.47 bits per heavy atom. The van der Waals surface area contributed by atoms with Crippen molar-refractivity contribution in [3.8, 4) is 11.8 Å². The molecule has 3 N–H and O–H groups in total. The molecule has 1 amide bonds. The number of ether oxygens (including phenoxy) is 2. The highest BCUT2D eigenvalue weighted by molar-refractivity contribution is 7.12. The molecule has 0 bridgehead atoms. The number of nitrogens with one attached hydrogen (secondary N) is 1. The van der Waals surface area contributed by atoms with E-state index in [1.165, 1.54) is 0 Å². The van der Waals surface area contributed by atoms with Gasteiger partial charge in [-0.2, -0.15) is 0 Å². The maximum atomic E-state index is 11.4. The molecule has 1 rings (SSSR count). The fourth-order valence-electron chi connectivity index (χ4n) is 1.22. The smallest absolute Gasteiger partial charge is 0.246 e. The molecule has 1 aromatic heterocycles. The van der Waals surface area contributed by atoms with Crippen LogP contribution < -0.4 is 11.1 Å². The Morgan fingerprint density at radius 3 is 3.05 bits per heavy atom. The number of nitrogens with two attached hydrogens (primary N) is 1. The quantitative estimate of drug-likeness (QED) is 0.558. The highest BCUT2D eigenvalue weighted by atomic mass is 32.1. The largest absolute Gasteiger partial charge is 0.382 e. The van der Waals surface area contributed by atoms with Gasteiger partial charge in [0.05, 0.1) is 31.2 Å². The molecule has 0 aromatic carbocycles. The van der Waals surface area contributed by atoms with Gasteiger partial charge in [0.25, 0.3) is 0 Å². The van der Waals surface area contributed by atoms with Crippen LogP contribution in [0.2, 0.25) is 0 Å². The standard InChI is InChI=1S/C13H18N2O3S/c1-17-7-8-18-10-13(16)15-9-12-5-4-11(19-12)3-2-6-14/h4-5H,6-10,14H2,1H3,(H,15,16). The maximum absolute atomic E-state index is 11.4. The number of methoxy groups -OCH3 is 1. The number of hydrogen-bond donors (Lipinski definition) is 2. The third-order valence-corrected chi connectivity index (χ3v) is 3.10. The molecule has 0 atom stereocenters. The van der Waals surface area contributed by atoms with Crippen molar-refractivity contribution in [3.63, 3.8) is 0 Å². The molecule has 0 radical (unpaired) electrons. The molecule has 104 valence electrons. The highest BCUT2D eigenvalue weighted by Gasteiger charge is 2.03. The summed E-state index contributed by atoms with van der Waals surface area (Å²) in [5.41, 5.74) is 5.30. The van der Waals surface area contributed by atoms with Gasteiger partial charge >= 0.3 is 0 Å². The van der Waals surface area contributed by atoms with E-state index in [4.69, 9.17) is 15.2 Å². The Hall–Kier alpha value is -1.39. The van der Waals surface area contributed by atoms with Gasteiger partial charge in [-0.15, -0.1) is 11.3 Å². The molecule has 19 heavy (non-hydrogen) atoms. The Labute approximate surface area is 117 Å². The second-order valence-corrected chi connectivity index (χ2v) is 4.76. The van der Waals surface area contributed by atoms with Crippen molar-refractivity contribution >= 4 is 17.2 Å². The van der Waals surface area contributed by atoms with E-state index in [1.54, 1.807) is 18.4 Å². The summed E-state index contributed by atoms with van der Waals surface area (Å²) in [7, 11) is 1.59. The Bertz CT molecular complexity index is 448. The summed E-state index contributed by atoms with van der Waals surface area (Å²) < 4.78 is 9.92. The van der Waals surface area contributed by atoms with Crippen LogP contribution in [-0.4, -0.2) is 39.4 Å². The molecule has 6 heteroatoms. The molecule has 0 aliphatic carbocycles. The Kier molecular flexibility index (Phi) is 7.86. The lowest BCUT2D eigenvalue weighted by Crippen LogP contribution is -2.27. The van der Waals surface area contributed by atoms with Crippen LogP contribution in [0.25, 0.3) is 0 Å². The Balaban J connectivity index is 2.24. The van der Waals surface area contributed by atoms with Crippen LogP contribution in [0.5, 0.6) is 0 Å². The summed E-state index contributed by atoms with van der Waals surface area (Å²) in [5.74, 6) is 5.60. The average molecular weight is 282 g/mol. The number of carbonyl (C=O) groups excluding carboxylic acids is 1. The molecule has 0 saturated heterocycles. The Morgan fingerprint density at radius 2 is 2.32 bits per heavy atom. The minimum absolute atomic E-state index is 0.0502. The van der Waals surface area contributed by atoms with Gasteiger partial charge in [0, 0.05) is 12.0 Å². The first kappa shape index (κ1) is 15.7. The van der Waals surface area contributed by atoms with Crippen LogP contribution >= 0.6 is 11.3 Å². The molecule has 0 unspecified atom stereocenters. The molecule has 0 aliphatic heterocycles. The topological polar surface area (TPSA) is 73.6 Å². The predicted octanol–water partition coefficient (Wildman–Crippen LogP) is 0.338. The fourth-order valence-corrected chi connectivity index (χ4v) is 2.04. The van der Waals surface area contributed by atoms with E-state index in [0.717, 1.165) is 9.75 Å². The van der Waals surface area contributed by atoms with Crippen molar-refractivity contribution in [3.05, 3.63) is 21.9 Å². The molecule has 0 saturated carbocycles. The second-order valence-electron chi connectivity index (χ2n) is 3.59. The lowest BCUT2D eigenvalue weighted by atomic mass is 10.4.